The van der Waals surface area contributed by atoms with Crippen LogP contribution in [0.3, 0.4) is 0 Å². The fraction of sp³-hybridized carbons (Fsp3) is 1.00. The zero-order valence-corrected chi connectivity index (χ0v) is 11.7. The third-order valence-electron chi connectivity index (χ3n) is 6.82. The van der Waals surface area contributed by atoms with Crippen molar-refractivity contribution in [3.63, 3.8) is 0 Å². The molecule has 0 aliphatic heterocycles. The Hall–Kier alpha value is -0.0400. The van der Waals surface area contributed by atoms with Crippen molar-refractivity contribution >= 4 is 0 Å². The summed E-state index contributed by atoms with van der Waals surface area (Å²) in [7, 11) is 0. The fourth-order valence-electron chi connectivity index (χ4n) is 5.34. The summed E-state index contributed by atoms with van der Waals surface area (Å²) < 4.78 is 0. The van der Waals surface area contributed by atoms with Crippen LogP contribution in [0.15, 0.2) is 0 Å². The van der Waals surface area contributed by atoms with Crippen molar-refractivity contribution in [2.45, 2.75) is 65.4 Å². The third-order valence-corrected chi connectivity index (χ3v) is 6.82. The highest BCUT2D eigenvalue weighted by atomic mass is 16.3. The second kappa shape index (κ2) is 3.98. The van der Waals surface area contributed by atoms with Crippen LogP contribution in [-0.2, 0) is 0 Å². The van der Waals surface area contributed by atoms with Crippen molar-refractivity contribution in [1.29, 1.82) is 0 Å². The van der Waals surface area contributed by atoms with E-state index in [0.29, 0.717) is 5.41 Å². The average molecular weight is 236 g/mol. The van der Waals surface area contributed by atoms with E-state index in [9.17, 15) is 5.11 Å². The first-order valence-corrected chi connectivity index (χ1v) is 7.68. The van der Waals surface area contributed by atoms with Crippen LogP contribution in [0.2, 0.25) is 0 Å². The summed E-state index contributed by atoms with van der Waals surface area (Å²) in [5.41, 5.74) is 0.578. The van der Waals surface area contributed by atoms with E-state index in [4.69, 9.17) is 0 Å². The Bertz CT molecular complexity index is 292. The maximum atomic E-state index is 9.88. The fourth-order valence-corrected chi connectivity index (χ4v) is 5.34. The molecule has 17 heavy (non-hydrogen) atoms. The van der Waals surface area contributed by atoms with Gasteiger partial charge in [0.25, 0.3) is 0 Å². The van der Waals surface area contributed by atoms with Crippen LogP contribution < -0.4 is 0 Å². The lowest BCUT2D eigenvalue weighted by atomic mass is 9.62. The van der Waals surface area contributed by atoms with E-state index in [1.807, 2.05) is 0 Å². The molecule has 3 saturated carbocycles. The molecule has 0 aromatic heterocycles. The quantitative estimate of drug-likeness (QED) is 0.733. The van der Waals surface area contributed by atoms with E-state index in [2.05, 4.69) is 20.8 Å². The molecule has 0 radical (unpaired) electrons. The van der Waals surface area contributed by atoms with Gasteiger partial charge in [0.2, 0.25) is 0 Å². The monoisotopic (exact) mass is 236 g/mol. The highest BCUT2D eigenvalue weighted by Gasteiger charge is 2.56. The summed E-state index contributed by atoms with van der Waals surface area (Å²) in [6.07, 6.45) is 7.75. The van der Waals surface area contributed by atoms with Crippen LogP contribution in [0.5, 0.6) is 0 Å². The smallest absolute Gasteiger partial charge is 0.0543 e. The molecule has 0 saturated heterocycles. The molecule has 1 nitrogen and oxygen atoms in total. The van der Waals surface area contributed by atoms with Crippen LogP contribution in [0.4, 0.5) is 0 Å². The van der Waals surface area contributed by atoms with Gasteiger partial charge in [-0.15, -0.1) is 0 Å². The van der Waals surface area contributed by atoms with Crippen molar-refractivity contribution < 1.29 is 5.11 Å². The predicted octanol–water partition coefficient (Wildman–Crippen LogP) is 3.86. The van der Waals surface area contributed by atoms with E-state index in [-0.39, 0.29) is 6.10 Å². The second-order valence-corrected chi connectivity index (χ2v) is 7.69. The van der Waals surface area contributed by atoms with Gasteiger partial charge in [-0.05, 0) is 67.1 Å². The first-order chi connectivity index (χ1) is 8.00. The van der Waals surface area contributed by atoms with Gasteiger partial charge >= 0.3 is 0 Å². The molecule has 3 aliphatic carbocycles. The molecule has 3 fully saturated rings. The van der Waals surface area contributed by atoms with Crippen LogP contribution in [-0.4, -0.2) is 11.2 Å². The Morgan fingerprint density at radius 2 is 1.71 bits per heavy atom. The number of rotatable bonds is 1. The summed E-state index contributed by atoms with van der Waals surface area (Å²) in [6, 6.07) is 0. The zero-order chi connectivity index (χ0) is 12.2. The molecule has 1 unspecified atom stereocenters. The standard InChI is InChI=1S/C16H28O/c1-10-14-8-12(16(10,2)3)9-15(14)11-5-4-6-13(17)7-11/h10-15,17H,4-9H2,1-3H3/t10-,11?,12+,13+,14+,15+/m1/s1. The molecule has 0 aromatic rings. The van der Waals surface area contributed by atoms with E-state index in [1.165, 1.54) is 25.7 Å². The number of aliphatic hydroxyl groups excluding tert-OH is 1. The first-order valence-electron chi connectivity index (χ1n) is 7.68. The third kappa shape index (κ3) is 1.77. The maximum absolute atomic E-state index is 9.88. The van der Waals surface area contributed by atoms with E-state index < -0.39 is 0 Å². The molecule has 0 amide bonds. The summed E-state index contributed by atoms with van der Waals surface area (Å²) in [6.45, 7) is 7.44. The minimum Gasteiger partial charge on any atom is -0.393 e. The van der Waals surface area contributed by atoms with Crippen LogP contribution in [0.25, 0.3) is 0 Å². The lowest BCUT2D eigenvalue weighted by Gasteiger charge is -2.44. The van der Waals surface area contributed by atoms with Crippen molar-refractivity contribution in [2.75, 3.05) is 0 Å². The van der Waals surface area contributed by atoms with Gasteiger partial charge in [-0.25, -0.2) is 0 Å². The van der Waals surface area contributed by atoms with Crippen LogP contribution >= 0.6 is 0 Å². The lowest BCUT2D eigenvalue weighted by Crippen LogP contribution is -2.37. The molecule has 0 heterocycles. The summed E-state index contributed by atoms with van der Waals surface area (Å²) in [5.74, 6) is 4.60. The van der Waals surface area contributed by atoms with Crippen molar-refractivity contribution in [3.05, 3.63) is 0 Å². The number of hydrogen-bond acceptors (Lipinski definition) is 1. The Labute approximate surface area is 106 Å². The Morgan fingerprint density at radius 1 is 1.00 bits per heavy atom. The Morgan fingerprint density at radius 3 is 2.29 bits per heavy atom. The van der Waals surface area contributed by atoms with Gasteiger partial charge in [-0.3, -0.25) is 0 Å². The van der Waals surface area contributed by atoms with Gasteiger partial charge in [0.15, 0.2) is 0 Å². The molecular formula is C16H28O. The maximum Gasteiger partial charge on any atom is 0.0543 e. The summed E-state index contributed by atoms with van der Waals surface area (Å²) >= 11 is 0. The van der Waals surface area contributed by atoms with Gasteiger partial charge in [0.1, 0.15) is 0 Å². The van der Waals surface area contributed by atoms with Gasteiger partial charge < -0.3 is 5.11 Å². The predicted molar refractivity (Wildman–Crippen MR) is 70.6 cm³/mol. The minimum atomic E-state index is 0.0104. The molecule has 3 aliphatic rings. The first kappa shape index (κ1) is 12.0. The number of aliphatic hydroxyl groups is 1. The highest BCUT2D eigenvalue weighted by molar-refractivity contribution is 5.05. The second-order valence-electron chi connectivity index (χ2n) is 7.69. The normalized spacial score (nSPS) is 52.9. The molecule has 3 rings (SSSR count). The van der Waals surface area contributed by atoms with E-state index in [0.717, 1.165) is 42.4 Å². The molecule has 6 atom stereocenters. The molecule has 0 aromatic carbocycles. The molecule has 0 spiro atoms. The molecule has 98 valence electrons. The van der Waals surface area contributed by atoms with Gasteiger partial charge in [0, 0.05) is 0 Å². The Kier molecular flexibility index (Phi) is 2.81. The van der Waals surface area contributed by atoms with Gasteiger partial charge in [-0.1, -0.05) is 27.2 Å². The van der Waals surface area contributed by atoms with Crippen LogP contribution in [0.1, 0.15) is 59.3 Å². The number of hydrogen-bond donors (Lipinski definition) is 1. The molecule has 1 N–H and O–H groups in total. The highest BCUT2D eigenvalue weighted by Crippen LogP contribution is 2.63. The van der Waals surface area contributed by atoms with Crippen molar-refractivity contribution in [1.82, 2.24) is 0 Å². The van der Waals surface area contributed by atoms with Gasteiger partial charge in [-0.2, -0.15) is 0 Å². The summed E-state index contributed by atoms with van der Waals surface area (Å²) in [5, 5.41) is 9.88. The lowest BCUT2D eigenvalue weighted by molar-refractivity contribution is 0.0247. The van der Waals surface area contributed by atoms with Gasteiger partial charge in [0.05, 0.1) is 6.10 Å². The van der Waals surface area contributed by atoms with Crippen LogP contribution in [0, 0.1) is 35.0 Å². The van der Waals surface area contributed by atoms with E-state index >= 15 is 0 Å². The summed E-state index contributed by atoms with van der Waals surface area (Å²) in [4.78, 5) is 0. The largest absolute Gasteiger partial charge is 0.393 e. The van der Waals surface area contributed by atoms with E-state index in [1.54, 1.807) is 0 Å². The Balaban J connectivity index is 1.72. The molecular weight excluding hydrogens is 208 g/mol. The average Bonchev–Trinajstić information content (AvgIpc) is 2.79. The minimum absolute atomic E-state index is 0.0104. The molecule has 2 bridgehead atoms. The van der Waals surface area contributed by atoms with Crippen molar-refractivity contribution in [2.24, 2.45) is 35.0 Å². The topological polar surface area (TPSA) is 20.2 Å². The number of fused-ring (bicyclic) bond motifs is 2. The SMILES string of the molecule is C[C@@H]1[C@@H]2C[C@@H](C[C@H]2C2CCC[C@H](O)C2)C1(C)C. The molecule has 1 heteroatoms. The zero-order valence-electron chi connectivity index (χ0n) is 11.7. The van der Waals surface area contributed by atoms with Crippen molar-refractivity contribution in [3.8, 4) is 0 Å².